The molecule has 1 aliphatic carbocycles. The average molecular weight is 280 g/mol. The van der Waals surface area contributed by atoms with E-state index in [9.17, 15) is 4.39 Å². The van der Waals surface area contributed by atoms with E-state index in [1.165, 1.54) is 18.6 Å². The Morgan fingerprint density at radius 1 is 1.37 bits per heavy atom. The fourth-order valence-corrected chi connectivity index (χ4v) is 3.79. The molecule has 19 heavy (non-hydrogen) atoms. The minimum atomic E-state index is -0.0884. The highest BCUT2D eigenvalue weighted by atomic mass is 32.2. The summed E-state index contributed by atoms with van der Waals surface area (Å²) in [7, 11) is 2.01. The molecule has 1 saturated heterocycles. The predicted molar refractivity (Wildman–Crippen MR) is 80.4 cm³/mol. The number of thioether (sulfide) groups is 1. The van der Waals surface area contributed by atoms with Gasteiger partial charge in [0.05, 0.1) is 5.69 Å². The molecule has 0 spiro atoms. The van der Waals surface area contributed by atoms with Crippen LogP contribution < -0.4 is 10.2 Å². The molecule has 1 atom stereocenters. The number of nitrogens with zero attached hydrogens (tertiary/aromatic N) is 1. The zero-order valence-electron chi connectivity index (χ0n) is 11.4. The molecule has 0 aromatic heterocycles. The summed E-state index contributed by atoms with van der Waals surface area (Å²) in [6, 6.07) is 6.81. The molecule has 2 fully saturated rings. The van der Waals surface area contributed by atoms with Crippen LogP contribution in [0.1, 0.15) is 24.8 Å². The summed E-state index contributed by atoms with van der Waals surface area (Å²) in [6.07, 6.45) is 3.69. The number of rotatable bonds is 5. The van der Waals surface area contributed by atoms with Crippen molar-refractivity contribution in [2.45, 2.75) is 37.9 Å². The molecule has 0 bridgehead atoms. The van der Waals surface area contributed by atoms with E-state index in [-0.39, 0.29) is 5.82 Å². The van der Waals surface area contributed by atoms with E-state index in [1.54, 1.807) is 6.07 Å². The topological polar surface area (TPSA) is 15.3 Å². The molecule has 1 unspecified atom stereocenters. The zero-order valence-corrected chi connectivity index (χ0v) is 12.2. The van der Waals surface area contributed by atoms with Crippen molar-refractivity contribution in [3.8, 4) is 0 Å². The summed E-state index contributed by atoms with van der Waals surface area (Å²) in [5.41, 5.74) is 1.78. The largest absolute Gasteiger partial charge is 0.368 e. The van der Waals surface area contributed by atoms with Gasteiger partial charge in [0, 0.05) is 31.4 Å². The summed E-state index contributed by atoms with van der Waals surface area (Å²) < 4.78 is 14.2. The van der Waals surface area contributed by atoms with Crippen LogP contribution in [0, 0.1) is 5.82 Å². The molecule has 1 N–H and O–H groups in total. The van der Waals surface area contributed by atoms with Gasteiger partial charge in [-0.1, -0.05) is 6.07 Å². The number of benzene rings is 1. The Morgan fingerprint density at radius 2 is 2.21 bits per heavy atom. The molecule has 0 amide bonds. The number of halogens is 1. The Hall–Kier alpha value is -0.740. The normalized spacial score (nSPS) is 22.7. The third-order valence-corrected chi connectivity index (χ3v) is 5.16. The van der Waals surface area contributed by atoms with Crippen LogP contribution in [0.2, 0.25) is 0 Å². The van der Waals surface area contributed by atoms with E-state index in [4.69, 9.17) is 0 Å². The minimum Gasteiger partial charge on any atom is -0.368 e. The lowest BCUT2D eigenvalue weighted by Gasteiger charge is -2.26. The molecule has 1 saturated carbocycles. The third kappa shape index (κ3) is 3.23. The summed E-state index contributed by atoms with van der Waals surface area (Å²) in [6.45, 7) is 0.783. The second-order valence-corrected chi connectivity index (χ2v) is 6.72. The van der Waals surface area contributed by atoms with Crippen LogP contribution in [-0.2, 0) is 6.54 Å². The number of anilines is 1. The van der Waals surface area contributed by atoms with Crippen molar-refractivity contribution in [2.24, 2.45) is 0 Å². The smallest absolute Gasteiger partial charge is 0.146 e. The molecule has 1 aromatic rings. The van der Waals surface area contributed by atoms with Gasteiger partial charge in [0.1, 0.15) is 5.82 Å². The van der Waals surface area contributed by atoms with Gasteiger partial charge in [-0.25, -0.2) is 4.39 Å². The Bertz CT molecular complexity index is 442. The SMILES string of the molecule is CN(c1ccc(CNC2CC2)cc1F)C1CCSC1. The molecule has 2 aliphatic rings. The lowest BCUT2D eigenvalue weighted by atomic mass is 10.1. The first-order valence-corrected chi connectivity index (χ1v) is 8.22. The van der Waals surface area contributed by atoms with Gasteiger partial charge >= 0.3 is 0 Å². The molecule has 3 rings (SSSR count). The molecule has 2 nitrogen and oxygen atoms in total. The fraction of sp³-hybridized carbons (Fsp3) is 0.600. The van der Waals surface area contributed by atoms with Gasteiger partial charge in [-0.15, -0.1) is 0 Å². The van der Waals surface area contributed by atoms with E-state index in [1.807, 2.05) is 30.9 Å². The molecule has 104 valence electrons. The van der Waals surface area contributed by atoms with E-state index < -0.39 is 0 Å². The quantitative estimate of drug-likeness (QED) is 0.892. The van der Waals surface area contributed by atoms with E-state index in [0.717, 1.165) is 30.0 Å². The number of hydrogen-bond acceptors (Lipinski definition) is 3. The molecule has 0 radical (unpaired) electrons. The van der Waals surface area contributed by atoms with Gasteiger partial charge in [-0.3, -0.25) is 0 Å². The van der Waals surface area contributed by atoms with Gasteiger partial charge in [-0.2, -0.15) is 11.8 Å². The fourth-order valence-electron chi connectivity index (χ4n) is 2.52. The van der Waals surface area contributed by atoms with Gasteiger partial charge in [0.25, 0.3) is 0 Å². The Labute approximate surface area is 118 Å². The van der Waals surface area contributed by atoms with Crippen molar-refractivity contribution in [2.75, 3.05) is 23.5 Å². The van der Waals surface area contributed by atoms with Crippen molar-refractivity contribution in [3.05, 3.63) is 29.6 Å². The van der Waals surface area contributed by atoms with Gasteiger partial charge < -0.3 is 10.2 Å². The number of hydrogen-bond donors (Lipinski definition) is 1. The van der Waals surface area contributed by atoms with Crippen LogP contribution in [0.25, 0.3) is 0 Å². The van der Waals surface area contributed by atoms with Gasteiger partial charge in [0.2, 0.25) is 0 Å². The molecular formula is C15H21FN2S. The van der Waals surface area contributed by atoms with Crippen LogP contribution in [-0.4, -0.2) is 30.6 Å². The molecule has 1 aliphatic heterocycles. The first kappa shape index (κ1) is 13.3. The Morgan fingerprint density at radius 3 is 2.84 bits per heavy atom. The lowest BCUT2D eigenvalue weighted by molar-refractivity contribution is 0.602. The first-order valence-electron chi connectivity index (χ1n) is 7.06. The summed E-state index contributed by atoms with van der Waals surface area (Å²) >= 11 is 1.96. The van der Waals surface area contributed by atoms with Crippen molar-refractivity contribution in [1.29, 1.82) is 0 Å². The number of nitrogens with one attached hydrogen (secondary N) is 1. The van der Waals surface area contributed by atoms with Crippen LogP contribution >= 0.6 is 11.8 Å². The van der Waals surface area contributed by atoms with E-state index in [0.29, 0.717) is 12.1 Å². The molecular weight excluding hydrogens is 259 g/mol. The highest BCUT2D eigenvalue weighted by molar-refractivity contribution is 7.99. The lowest BCUT2D eigenvalue weighted by Crippen LogP contribution is -2.32. The van der Waals surface area contributed by atoms with E-state index >= 15 is 0 Å². The standard InChI is InChI=1S/C15H21FN2S/c1-18(13-6-7-19-10-13)15-5-2-11(8-14(15)16)9-17-12-3-4-12/h2,5,8,12-13,17H,3-4,6-7,9-10H2,1H3. The summed E-state index contributed by atoms with van der Waals surface area (Å²) in [4.78, 5) is 2.10. The first-order chi connectivity index (χ1) is 9.24. The molecule has 4 heteroatoms. The summed E-state index contributed by atoms with van der Waals surface area (Å²) in [5, 5.41) is 3.42. The second kappa shape index (κ2) is 5.71. The van der Waals surface area contributed by atoms with Crippen molar-refractivity contribution in [1.82, 2.24) is 5.32 Å². The van der Waals surface area contributed by atoms with Gasteiger partial charge in [0.15, 0.2) is 0 Å². The Kier molecular flexibility index (Phi) is 3.99. The third-order valence-electron chi connectivity index (χ3n) is 4.02. The molecule has 1 aromatic carbocycles. The van der Waals surface area contributed by atoms with E-state index in [2.05, 4.69) is 10.2 Å². The predicted octanol–water partition coefficient (Wildman–Crippen LogP) is 3.02. The van der Waals surface area contributed by atoms with Crippen molar-refractivity contribution < 1.29 is 4.39 Å². The summed E-state index contributed by atoms with van der Waals surface area (Å²) in [5.74, 6) is 2.22. The highest BCUT2D eigenvalue weighted by Gasteiger charge is 2.23. The van der Waals surface area contributed by atoms with Crippen LogP contribution in [0.5, 0.6) is 0 Å². The van der Waals surface area contributed by atoms with Gasteiger partial charge in [-0.05, 0) is 42.7 Å². The maximum atomic E-state index is 14.2. The maximum absolute atomic E-state index is 14.2. The Balaban J connectivity index is 1.67. The zero-order chi connectivity index (χ0) is 13.2. The van der Waals surface area contributed by atoms with Crippen molar-refractivity contribution in [3.63, 3.8) is 0 Å². The van der Waals surface area contributed by atoms with Crippen LogP contribution in [0.4, 0.5) is 10.1 Å². The monoisotopic (exact) mass is 280 g/mol. The van der Waals surface area contributed by atoms with Crippen molar-refractivity contribution >= 4 is 17.4 Å². The van der Waals surface area contributed by atoms with Crippen LogP contribution in [0.3, 0.4) is 0 Å². The molecule has 1 heterocycles. The average Bonchev–Trinajstić information content (AvgIpc) is 3.07. The second-order valence-electron chi connectivity index (χ2n) is 5.57. The highest BCUT2D eigenvalue weighted by Crippen LogP contribution is 2.28. The maximum Gasteiger partial charge on any atom is 0.146 e. The minimum absolute atomic E-state index is 0.0884. The van der Waals surface area contributed by atoms with Crippen LogP contribution in [0.15, 0.2) is 18.2 Å².